The number of benzene rings is 2. The number of nitrogens with zero attached hydrogens (tertiary/aromatic N) is 1. The van der Waals surface area contributed by atoms with Gasteiger partial charge >= 0.3 is 10.5 Å². The molecule has 5 nitrogen and oxygen atoms in total. The molecule has 0 bridgehead atoms. The second-order valence-electron chi connectivity index (χ2n) is 3.05. The van der Waals surface area contributed by atoms with Crippen LogP contribution in [0.1, 0.15) is 0 Å². The quantitative estimate of drug-likeness (QED) is 0.667. The fourth-order valence-corrected chi connectivity index (χ4v) is 1.11. The first-order chi connectivity index (χ1) is 8.72. The zero-order valence-corrected chi connectivity index (χ0v) is 10.2. The average molecular weight is 264 g/mol. The van der Waals surface area contributed by atoms with Crippen LogP contribution in [0.2, 0.25) is 0 Å². The smallest absolute Gasteiger partial charge is 0.327 e. The molecule has 0 unspecified atom stereocenters. The number of ether oxygens (including phenoxy) is 1. The summed E-state index contributed by atoms with van der Waals surface area (Å²) in [7, 11) is -2.42. The van der Waals surface area contributed by atoms with E-state index in [1.165, 1.54) is 0 Å². The third kappa shape index (κ3) is 5.78. The molecule has 0 heterocycles. The lowest BCUT2D eigenvalue weighted by Crippen LogP contribution is -1.81. The molecule has 0 saturated heterocycles. The minimum Gasteiger partial charge on any atom is -0.457 e. The minimum atomic E-state index is -2.42. The lowest BCUT2D eigenvalue weighted by atomic mass is 10.3. The highest BCUT2D eigenvalue weighted by Crippen LogP contribution is 2.19. The molecule has 0 aromatic heterocycles. The van der Waals surface area contributed by atoms with E-state index in [2.05, 4.69) is 10.3 Å². The van der Waals surface area contributed by atoms with Crippen molar-refractivity contribution < 1.29 is 13.2 Å². The van der Waals surface area contributed by atoms with Crippen molar-refractivity contribution >= 4 is 10.5 Å². The van der Waals surface area contributed by atoms with E-state index in [1.54, 1.807) is 0 Å². The van der Waals surface area contributed by atoms with E-state index < -0.39 is 10.5 Å². The Labute approximate surface area is 107 Å². The van der Waals surface area contributed by atoms with E-state index in [0.29, 0.717) is 0 Å². The predicted octanol–water partition coefficient (Wildman–Crippen LogP) is 2.40. The number of rotatable bonds is 2. The van der Waals surface area contributed by atoms with Crippen LogP contribution in [0.15, 0.2) is 65.1 Å². The van der Waals surface area contributed by atoms with Crippen LogP contribution in [0.5, 0.6) is 11.5 Å². The van der Waals surface area contributed by atoms with Gasteiger partial charge in [-0.25, -0.2) is 5.84 Å². The third-order valence-electron chi connectivity index (χ3n) is 1.81. The van der Waals surface area contributed by atoms with Crippen LogP contribution in [0, 0.1) is 0 Å². The molecule has 2 rings (SSSR count). The molecule has 2 aromatic rings. The van der Waals surface area contributed by atoms with Gasteiger partial charge in [-0.3, -0.25) is 0 Å². The van der Waals surface area contributed by atoms with Crippen LogP contribution < -0.4 is 10.6 Å². The predicted molar refractivity (Wildman–Crippen MR) is 68.5 cm³/mol. The minimum absolute atomic E-state index is 0.869. The fourth-order valence-electron chi connectivity index (χ4n) is 1.11. The van der Waals surface area contributed by atoms with E-state index >= 15 is 0 Å². The third-order valence-corrected chi connectivity index (χ3v) is 1.98. The summed E-state index contributed by atoms with van der Waals surface area (Å²) in [5.41, 5.74) is 0. The molecule has 0 fully saturated rings. The Kier molecular flexibility index (Phi) is 6.16. The van der Waals surface area contributed by atoms with Crippen molar-refractivity contribution in [3.63, 3.8) is 0 Å². The highest BCUT2D eigenvalue weighted by Gasteiger charge is 1.92. The van der Waals surface area contributed by atoms with E-state index in [9.17, 15) is 0 Å². The Morgan fingerprint density at radius 2 is 1.17 bits per heavy atom. The van der Waals surface area contributed by atoms with Gasteiger partial charge in [-0.05, 0) is 24.3 Å². The maximum absolute atomic E-state index is 9.08. The van der Waals surface area contributed by atoms with Crippen LogP contribution in [0.4, 0.5) is 0 Å². The Balaban J connectivity index is 0.000000280. The van der Waals surface area contributed by atoms with Gasteiger partial charge in [0, 0.05) is 0 Å². The SMILES string of the molecule is NN=S(=O)=O.c1ccc(Oc2ccccc2)cc1. The fraction of sp³-hybridized carbons (Fsp3) is 0. The first-order valence-electron chi connectivity index (χ1n) is 5.00. The zero-order chi connectivity index (χ0) is 13.2. The molecule has 0 amide bonds. The van der Waals surface area contributed by atoms with Gasteiger partial charge in [0.15, 0.2) is 0 Å². The summed E-state index contributed by atoms with van der Waals surface area (Å²) in [6.07, 6.45) is 0. The average Bonchev–Trinajstić information content (AvgIpc) is 2.42. The van der Waals surface area contributed by atoms with E-state index in [-0.39, 0.29) is 0 Å². The van der Waals surface area contributed by atoms with Gasteiger partial charge in [0.2, 0.25) is 0 Å². The Bertz CT molecular complexity index is 538. The normalized spacial score (nSPS) is 8.72. The summed E-state index contributed by atoms with van der Waals surface area (Å²) >= 11 is 0. The van der Waals surface area contributed by atoms with Crippen molar-refractivity contribution in [3.8, 4) is 11.5 Å². The molecule has 0 aliphatic heterocycles. The molecule has 0 atom stereocenters. The summed E-state index contributed by atoms with van der Waals surface area (Å²) in [4.78, 5) is 0. The van der Waals surface area contributed by atoms with E-state index in [0.717, 1.165) is 11.5 Å². The molecule has 2 N–H and O–H groups in total. The van der Waals surface area contributed by atoms with Crippen molar-refractivity contribution in [2.24, 2.45) is 10.3 Å². The summed E-state index contributed by atoms with van der Waals surface area (Å²) < 4.78 is 26.0. The molecule has 6 heteroatoms. The first-order valence-corrected chi connectivity index (χ1v) is 6.04. The van der Waals surface area contributed by atoms with Gasteiger partial charge < -0.3 is 4.74 Å². The van der Waals surface area contributed by atoms with Gasteiger partial charge in [0.25, 0.3) is 0 Å². The van der Waals surface area contributed by atoms with Crippen molar-refractivity contribution in [2.45, 2.75) is 0 Å². The van der Waals surface area contributed by atoms with Crippen LogP contribution >= 0.6 is 0 Å². The Hall–Kier alpha value is -2.18. The maximum Gasteiger partial charge on any atom is 0.327 e. The summed E-state index contributed by atoms with van der Waals surface area (Å²) in [6, 6.07) is 19.5. The molecule has 0 aliphatic rings. The molecule has 0 aliphatic carbocycles. The largest absolute Gasteiger partial charge is 0.457 e. The summed E-state index contributed by atoms with van der Waals surface area (Å²) in [6.45, 7) is 0. The maximum atomic E-state index is 9.08. The van der Waals surface area contributed by atoms with Crippen molar-refractivity contribution in [1.29, 1.82) is 0 Å². The second-order valence-corrected chi connectivity index (χ2v) is 3.70. The lowest BCUT2D eigenvalue weighted by Gasteiger charge is -2.03. The Morgan fingerprint density at radius 3 is 1.44 bits per heavy atom. The van der Waals surface area contributed by atoms with E-state index in [4.69, 9.17) is 13.2 Å². The number of hydrogen-bond acceptors (Lipinski definition) is 4. The monoisotopic (exact) mass is 264 g/mol. The van der Waals surface area contributed by atoms with Crippen LogP contribution in [-0.2, 0) is 10.5 Å². The molecule has 0 radical (unpaired) electrons. The lowest BCUT2D eigenvalue weighted by molar-refractivity contribution is 0.482. The standard InChI is InChI=1S/C12H10O.H2N2O2S/c1-3-7-11(8-4-1)13-12-9-5-2-6-10-12;1-2-5(3)4/h1-10H;1H2. The van der Waals surface area contributed by atoms with Crippen LogP contribution in [-0.4, -0.2) is 8.42 Å². The first kappa shape index (κ1) is 13.9. The Morgan fingerprint density at radius 1 is 0.833 bits per heavy atom. The van der Waals surface area contributed by atoms with Gasteiger partial charge in [0.1, 0.15) is 11.5 Å². The molecule has 18 heavy (non-hydrogen) atoms. The molecular weight excluding hydrogens is 252 g/mol. The summed E-state index contributed by atoms with van der Waals surface area (Å²) in [5, 5.41) is 0. The number of nitrogens with two attached hydrogens (primary N) is 1. The molecular formula is C12H12N2O3S. The summed E-state index contributed by atoms with van der Waals surface area (Å²) in [5.74, 6) is 5.92. The van der Waals surface area contributed by atoms with E-state index in [1.807, 2.05) is 60.7 Å². The topological polar surface area (TPSA) is 81.8 Å². The molecule has 2 aromatic carbocycles. The van der Waals surface area contributed by atoms with Gasteiger partial charge in [0.05, 0.1) is 0 Å². The van der Waals surface area contributed by atoms with Gasteiger partial charge in [-0.2, -0.15) is 8.42 Å². The molecule has 0 saturated carbocycles. The van der Waals surface area contributed by atoms with Crippen molar-refractivity contribution in [2.75, 3.05) is 0 Å². The van der Waals surface area contributed by atoms with Crippen LogP contribution in [0.3, 0.4) is 0 Å². The number of para-hydroxylation sites is 2. The molecule has 0 spiro atoms. The molecule has 94 valence electrons. The highest BCUT2D eigenvalue weighted by molar-refractivity contribution is 7.61. The van der Waals surface area contributed by atoms with Gasteiger partial charge in [-0.15, -0.1) is 0 Å². The number of hydrogen-bond donors (Lipinski definition) is 1. The van der Waals surface area contributed by atoms with Crippen molar-refractivity contribution in [1.82, 2.24) is 0 Å². The van der Waals surface area contributed by atoms with Gasteiger partial charge in [-0.1, -0.05) is 40.9 Å². The van der Waals surface area contributed by atoms with Crippen molar-refractivity contribution in [3.05, 3.63) is 60.7 Å². The van der Waals surface area contributed by atoms with Crippen LogP contribution in [0.25, 0.3) is 0 Å². The zero-order valence-electron chi connectivity index (χ0n) is 9.43. The second kappa shape index (κ2) is 7.99. The highest BCUT2D eigenvalue weighted by atomic mass is 32.2.